The summed E-state index contributed by atoms with van der Waals surface area (Å²) in [6.45, 7) is -0.659. The second-order valence-electron chi connectivity index (χ2n) is 9.83. The smallest absolute Gasteiger partial charge is 0.356 e. The number of halogens is 3. The van der Waals surface area contributed by atoms with Crippen molar-refractivity contribution in [1.29, 1.82) is 0 Å². The summed E-state index contributed by atoms with van der Waals surface area (Å²) in [5.74, 6) is -1.02. The number of carbonyl (C=O) groups excluding carboxylic acids is 3. The van der Waals surface area contributed by atoms with Gasteiger partial charge >= 0.3 is 6.18 Å². The van der Waals surface area contributed by atoms with Gasteiger partial charge in [-0.15, -0.1) is 0 Å². The summed E-state index contributed by atoms with van der Waals surface area (Å²) in [5, 5.41) is 7.77. The number of amides is 3. The van der Waals surface area contributed by atoms with Gasteiger partial charge in [0.1, 0.15) is 12.0 Å². The third-order valence-electron chi connectivity index (χ3n) is 7.10. The summed E-state index contributed by atoms with van der Waals surface area (Å²) < 4.78 is 39.0. The van der Waals surface area contributed by atoms with Crippen LogP contribution < -0.4 is 16.0 Å². The fraction of sp³-hybridized carbons (Fsp3) is 0.323. The average Bonchev–Trinajstić information content (AvgIpc) is 3.24. The highest BCUT2D eigenvalue weighted by Gasteiger charge is 2.49. The summed E-state index contributed by atoms with van der Waals surface area (Å²) >= 11 is 0. The van der Waals surface area contributed by atoms with Crippen LogP contribution in [-0.4, -0.2) is 43.5 Å². The summed E-state index contributed by atoms with van der Waals surface area (Å²) in [6, 6.07) is 23.5. The molecule has 0 bridgehead atoms. The van der Waals surface area contributed by atoms with Crippen molar-refractivity contribution < 1.29 is 27.6 Å². The van der Waals surface area contributed by atoms with Gasteiger partial charge < -0.3 is 16.0 Å². The summed E-state index contributed by atoms with van der Waals surface area (Å²) in [4.78, 5) is 37.8. The lowest BCUT2D eigenvalue weighted by atomic mass is 9.73. The Morgan fingerprint density at radius 1 is 0.675 bits per heavy atom. The van der Waals surface area contributed by atoms with Crippen LogP contribution in [0.2, 0.25) is 0 Å². The van der Waals surface area contributed by atoms with E-state index in [2.05, 4.69) is 16.0 Å². The van der Waals surface area contributed by atoms with Gasteiger partial charge in [-0.1, -0.05) is 66.7 Å². The lowest BCUT2D eigenvalue weighted by molar-refractivity contribution is -0.141. The van der Waals surface area contributed by atoms with E-state index >= 15 is 0 Å². The summed E-state index contributed by atoms with van der Waals surface area (Å²) in [5.41, 5.74) is 2.37. The van der Waals surface area contributed by atoms with Crippen molar-refractivity contribution in [3.63, 3.8) is 0 Å². The first-order chi connectivity index (χ1) is 19.2. The number of carbonyl (C=O) groups is 3. The van der Waals surface area contributed by atoms with E-state index in [0.29, 0.717) is 55.5 Å². The molecule has 0 saturated carbocycles. The molecule has 4 rings (SSSR count). The van der Waals surface area contributed by atoms with Crippen molar-refractivity contribution in [1.82, 2.24) is 16.0 Å². The Balaban J connectivity index is 1.31. The van der Waals surface area contributed by atoms with Crippen molar-refractivity contribution in [3.8, 4) is 11.1 Å². The molecule has 0 aromatic heterocycles. The molecule has 9 heteroatoms. The topological polar surface area (TPSA) is 87.3 Å². The molecule has 0 fully saturated rings. The molecular weight excluding hydrogens is 519 g/mol. The Hall–Kier alpha value is -4.14. The van der Waals surface area contributed by atoms with Gasteiger partial charge in [0, 0.05) is 25.1 Å². The molecule has 0 saturated heterocycles. The van der Waals surface area contributed by atoms with E-state index in [4.69, 9.17) is 0 Å². The minimum Gasteiger partial charge on any atom is -0.356 e. The number of hydrogen-bond donors (Lipinski definition) is 3. The first-order valence-electron chi connectivity index (χ1n) is 13.4. The van der Waals surface area contributed by atoms with Gasteiger partial charge in [0.25, 0.3) is 5.91 Å². The third kappa shape index (κ3) is 6.70. The molecule has 0 radical (unpaired) electrons. The first kappa shape index (κ1) is 28.9. The largest absolute Gasteiger partial charge is 0.405 e. The zero-order chi connectivity index (χ0) is 28.6. The molecule has 6 nitrogen and oxygen atoms in total. The van der Waals surface area contributed by atoms with Crippen LogP contribution in [0.3, 0.4) is 0 Å². The summed E-state index contributed by atoms with van der Waals surface area (Å²) in [7, 11) is 0. The highest BCUT2D eigenvalue weighted by atomic mass is 19.4. The number of alkyl halides is 3. The van der Waals surface area contributed by atoms with Crippen molar-refractivity contribution >= 4 is 17.7 Å². The normalized spacial score (nSPS) is 13.2. The molecule has 3 N–H and O–H groups in total. The fourth-order valence-corrected chi connectivity index (χ4v) is 5.26. The number of hydrogen-bond acceptors (Lipinski definition) is 3. The van der Waals surface area contributed by atoms with Crippen LogP contribution in [0.4, 0.5) is 13.2 Å². The Labute approximate surface area is 231 Å². The quantitative estimate of drug-likeness (QED) is 0.273. The highest BCUT2D eigenvalue weighted by Crippen LogP contribution is 2.51. The second kappa shape index (κ2) is 12.8. The van der Waals surface area contributed by atoms with Gasteiger partial charge in [0.15, 0.2) is 0 Å². The molecule has 40 heavy (non-hydrogen) atoms. The number of rotatable bonds is 12. The molecule has 3 amide bonds. The maximum atomic E-state index is 13.5. The van der Waals surface area contributed by atoms with Crippen LogP contribution in [0.25, 0.3) is 11.1 Å². The van der Waals surface area contributed by atoms with E-state index in [0.717, 1.165) is 11.1 Å². The van der Waals surface area contributed by atoms with Crippen LogP contribution in [0.5, 0.6) is 0 Å². The minimum atomic E-state index is -4.52. The van der Waals surface area contributed by atoms with Gasteiger partial charge in [0.05, 0.1) is 0 Å². The molecule has 0 unspecified atom stereocenters. The monoisotopic (exact) mass is 551 g/mol. The van der Waals surface area contributed by atoms with Crippen LogP contribution in [0.1, 0.15) is 53.6 Å². The maximum absolute atomic E-state index is 13.5. The minimum absolute atomic E-state index is 0.150. The van der Waals surface area contributed by atoms with Crippen molar-refractivity contribution in [2.24, 2.45) is 0 Å². The predicted octanol–water partition coefficient (Wildman–Crippen LogP) is 5.13. The van der Waals surface area contributed by atoms with E-state index in [1.54, 1.807) is 48.5 Å². The van der Waals surface area contributed by atoms with Crippen molar-refractivity contribution in [2.45, 2.75) is 43.7 Å². The zero-order valence-corrected chi connectivity index (χ0v) is 22.0. The summed E-state index contributed by atoms with van der Waals surface area (Å²) in [6.07, 6.45) is -2.43. The first-order valence-corrected chi connectivity index (χ1v) is 13.4. The van der Waals surface area contributed by atoms with E-state index in [1.807, 2.05) is 30.3 Å². The fourth-order valence-electron chi connectivity index (χ4n) is 5.26. The Kier molecular flexibility index (Phi) is 9.24. The van der Waals surface area contributed by atoms with Gasteiger partial charge in [0.2, 0.25) is 11.8 Å². The molecule has 1 aliphatic rings. The Morgan fingerprint density at radius 3 is 1.88 bits per heavy atom. The average molecular weight is 552 g/mol. The number of unbranched alkanes of at least 4 members (excludes halogenated alkanes) is 1. The molecule has 0 aliphatic heterocycles. The molecule has 1 aliphatic carbocycles. The zero-order valence-electron chi connectivity index (χ0n) is 22.0. The maximum Gasteiger partial charge on any atom is 0.405 e. The molecule has 3 aromatic carbocycles. The lowest BCUT2D eigenvalue weighted by Crippen LogP contribution is -2.47. The van der Waals surface area contributed by atoms with Gasteiger partial charge in [-0.2, -0.15) is 13.2 Å². The number of benzene rings is 3. The van der Waals surface area contributed by atoms with Crippen LogP contribution >= 0.6 is 0 Å². The molecule has 3 aromatic rings. The Morgan fingerprint density at radius 2 is 1.25 bits per heavy atom. The molecule has 0 atom stereocenters. The van der Waals surface area contributed by atoms with Crippen LogP contribution in [-0.2, 0) is 15.0 Å². The molecular formula is C31H32F3N3O3. The number of nitrogens with one attached hydrogen (secondary N) is 3. The van der Waals surface area contributed by atoms with Crippen molar-refractivity contribution in [2.75, 3.05) is 19.6 Å². The van der Waals surface area contributed by atoms with E-state index in [1.165, 1.54) is 0 Å². The SMILES string of the molecule is O=C(CCCNC(=O)c1ccccc1)NCCCCC1(C(=O)NCC(F)(F)F)c2ccccc2-c2ccccc21. The predicted molar refractivity (Wildman–Crippen MR) is 147 cm³/mol. The Bertz CT molecular complexity index is 1300. The molecule has 0 spiro atoms. The van der Waals surface area contributed by atoms with E-state index in [-0.39, 0.29) is 18.2 Å². The lowest BCUT2D eigenvalue weighted by Gasteiger charge is -2.31. The van der Waals surface area contributed by atoms with Gasteiger partial charge in [-0.05, 0) is 60.1 Å². The third-order valence-corrected chi connectivity index (χ3v) is 7.10. The van der Waals surface area contributed by atoms with Gasteiger partial charge in [-0.3, -0.25) is 14.4 Å². The van der Waals surface area contributed by atoms with E-state index < -0.39 is 24.0 Å². The molecule has 0 heterocycles. The van der Waals surface area contributed by atoms with E-state index in [9.17, 15) is 27.6 Å². The van der Waals surface area contributed by atoms with Crippen LogP contribution in [0.15, 0.2) is 78.9 Å². The van der Waals surface area contributed by atoms with Crippen molar-refractivity contribution in [3.05, 3.63) is 95.6 Å². The second-order valence-corrected chi connectivity index (χ2v) is 9.83. The molecule has 210 valence electrons. The van der Waals surface area contributed by atoms with Gasteiger partial charge in [-0.25, -0.2) is 0 Å². The highest BCUT2D eigenvalue weighted by molar-refractivity contribution is 6.00. The number of fused-ring (bicyclic) bond motifs is 3. The standard InChI is InChI=1S/C31H32F3N3O3/c32-31(33,34)21-37-29(40)30(25-15-6-4-13-23(25)24-14-5-7-16-26(24)30)18-8-9-19-35-27(38)17-10-20-36-28(39)22-11-2-1-3-12-22/h1-7,11-16H,8-10,17-21H2,(H,35,38)(H,36,39)(H,37,40). The van der Waals surface area contributed by atoms with Crippen LogP contribution in [0, 0.1) is 0 Å².